The van der Waals surface area contributed by atoms with Gasteiger partial charge in [0.15, 0.2) is 0 Å². The summed E-state index contributed by atoms with van der Waals surface area (Å²) in [4.78, 5) is 4.65. The second-order valence-corrected chi connectivity index (χ2v) is 15.3. The maximum Gasteiger partial charge on any atom is 0.0462 e. The van der Waals surface area contributed by atoms with Gasteiger partial charge in [-0.05, 0) is 149 Å². The highest BCUT2D eigenvalue weighted by Crippen LogP contribution is 2.40. The van der Waals surface area contributed by atoms with Crippen molar-refractivity contribution < 1.29 is 0 Å². The summed E-state index contributed by atoms with van der Waals surface area (Å²) in [6, 6.07) is 74.2. The lowest BCUT2D eigenvalue weighted by atomic mass is 10.0. The van der Waals surface area contributed by atoms with Gasteiger partial charge in [-0.15, -0.1) is 0 Å². The average molecular weight is 813 g/mol. The summed E-state index contributed by atoms with van der Waals surface area (Å²) >= 11 is 0. The molecule has 0 aliphatic carbocycles. The minimum atomic E-state index is 1.08. The van der Waals surface area contributed by atoms with E-state index in [4.69, 9.17) is 0 Å². The molecule has 8 aromatic carbocycles. The second-order valence-electron chi connectivity index (χ2n) is 15.3. The molecule has 0 saturated heterocycles. The molecular weight excluding hydrogens is 761 g/mol. The molecule has 0 aliphatic rings. The fourth-order valence-corrected chi connectivity index (χ4v) is 8.07. The van der Waals surface area contributed by atoms with Crippen molar-refractivity contribution >= 4 is 45.3 Å². The third kappa shape index (κ3) is 9.67. The summed E-state index contributed by atoms with van der Waals surface area (Å²) in [6.07, 6.45) is 14.5. The highest BCUT2D eigenvalue weighted by molar-refractivity contribution is 5.84. The van der Waals surface area contributed by atoms with E-state index in [0.29, 0.717) is 0 Å². The molecule has 2 heteroatoms. The van der Waals surface area contributed by atoms with Gasteiger partial charge < -0.3 is 9.80 Å². The first-order valence-corrected chi connectivity index (χ1v) is 21.6. The molecule has 0 atom stereocenters. The van der Waals surface area contributed by atoms with Crippen molar-refractivity contribution in [3.63, 3.8) is 0 Å². The van der Waals surface area contributed by atoms with Crippen molar-refractivity contribution in [1.29, 1.82) is 0 Å². The van der Waals surface area contributed by atoms with Crippen LogP contribution in [0, 0.1) is 0 Å². The molecule has 63 heavy (non-hydrogen) atoms. The predicted octanol–water partition coefficient (Wildman–Crippen LogP) is 17.8. The van der Waals surface area contributed by atoms with Crippen LogP contribution < -0.4 is 9.80 Å². The summed E-state index contributed by atoms with van der Waals surface area (Å²) in [5.41, 5.74) is 18.3. The van der Waals surface area contributed by atoms with Crippen LogP contribution in [0.1, 0.15) is 31.9 Å². The molecule has 0 aliphatic heterocycles. The lowest BCUT2D eigenvalue weighted by Gasteiger charge is -2.27. The summed E-state index contributed by atoms with van der Waals surface area (Å²) < 4.78 is 0. The summed E-state index contributed by atoms with van der Waals surface area (Å²) in [5.74, 6) is 0. The monoisotopic (exact) mass is 812 g/mol. The maximum atomic E-state index is 3.93. The Morgan fingerprint density at radius 2 is 0.603 bits per heavy atom. The number of nitrogens with zero attached hydrogens (tertiary/aromatic N) is 2. The molecule has 0 saturated carbocycles. The zero-order valence-electron chi connectivity index (χ0n) is 36.3. The molecule has 0 bridgehead atoms. The number of rotatable bonds is 14. The van der Waals surface area contributed by atoms with Gasteiger partial charge in [-0.2, -0.15) is 0 Å². The zero-order valence-corrected chi connectivity index (χ0v) is 36.3. The Morgan fingerprint density at radius 3 is 0.889 bits per heavy atom. The first-order chi connectivity index (χ1) is 31.1. The third-order valence-electron chi connectivity index (χ3n) is 11.3. The smallest absolute Gasteiger partial charge is 0.0462 e. The number of hydrogen-bond acceptors (Lipinski definition) is 2. The van der Waals surface area contributed by atoms with E-state index < -0.39 is 0 Å². The van der Waals surface area contributed by atoms with E-state index in [1.54, 1.807) is 0 Å². The van der Waals surface area contributed by atoms with Crippen molar-refractivity contribution in [2.75, 3.05) is 9.80 Å². The minimum Gasteiger partial charge on any atom is -0.311 e. The number of anilines is 6. The molecule has 0 N–H and O–H groups in total. The van der Waals surface area contributed by atoms with Crippen LogP contribution in [0.3, 0.4) is 0 Å². The molecule has 306 valence electrons. The average Bonchev–Trinajstić information content (AvgIpc) is 3.35. The molecule has 2 nitrogen and oxygen atoms in total. The second kappa shape index (κ2) is 20.1. The quantitative estimate of drug-likeness (QED) is 0.101. The Balaban J connectivity index is 1.11. The van der Waals surface area contributed by atoms with Crippen LogP contribution >= 0.6 is 0 Å². The summed E-state index contributed by atoms with van der Waals surface area (Å²) in [7, 11) is 0. The Kier molecular flexibility index (Phi) is 13.3. The van der Waals surface area contributed by atoms with Crippen molar-refractivity contribution in [3.05, 3.63) is 266 Å². The van der Waals surface area contributed by atoms with Gasteiger partial charge in [0.05, 0.1) is 0 Å². The Bertz CT molecular complexity index is 2760. The molecule has 0 radical (unpaired) electrons. The van der Waals surface area contributed by atoms with E-state index in [0.717, 1.165) is 56.4 Å². The van der Waals surface area contributed by atoms with Gasteiger partial charge >= 0.3 is 0 Å². The molecule has 8 rings (SSSR count). The van der Waals surface area contributed by atoms with Crippen LogP contribution in [0.2, 0.25) is 0 Å². The lowest BCUT2D eigenvalue weighted by molar-refractivity contribution is 1.28. The van der Waals surface area contributed by atoms with E-state index in [1.807, 2.05) is 19.1 Å². The SMILES string of the molecule is C=C/C=C(\C=C/C)c1ccc(N(c2ccc(C(/C=C\C)=C/C)cc2)c2ccc(-c3ccc(N(c4ccc(-c5ccccc5)cc4)c4ccc(-c5ccccc5)cc4)cc3)cc2)cc1. The molecule has 0 fully saturated rings. The molecule has 0 unspecified atom stereocenters. The number of hydrogen-bond donors (Lipinski definition) is 0. The molecule has 0 heterocycles. The molecule has 0 amide bonds. The first kappa shape index (κ1) is 41.8. The fourth-order valence-electron chi connectivity index (χ4n) is 8.07. The Hall–Kier alpha value is -7.94. The first-order valence-electron chi connectivity index (χ1n) is 21.6. The van der Waals surface area contributed by atoms with Crippen LogP contribution in [0.15, 0.2) is 255 Å². The predicted molar refractivity (Wildman–Crippen MR) is 274 cm³/mol. The van der Waals surface area contributed by atoms with Gasteiger partial charge in [-0.25, -0.2) is 0 Å². The Labute approximate surface area is 374 Å². The van der Waals surface area contributed by atoms with Crippen LogP contribution in [0.4, 0.5) is 34.1 Å². The van der Waals surface area contributed by atoms with Crippen molar-refractivity contribution in [3.8, 4) is 33.4 Å². The molecule has 8 aromatic rings. The van der Waals surface area contributed by atoms with E-state index in [9.17, 15) is 0 Å². The maximum absolute atomic E-state index is 3.93. The highest BCUT2D eigenvalue weighted by atomic mass is 15.1. The van der Waals surface area contributed by atoms with Gasteiger partial charge in [0.2, 0.25) is 0 Å². The lowest BCUT2D eigenvalue weighted by Crippen LogP contribution is -2.10. The molecular formula is C61H52N2. The van der Waals surface area contributed by atoms with Gasteiger partial charge in [0.25, 0.3) is 0 Å². The minimum absolute atomic E-state index is 1.08. The largest absolute Gasteiger partial charge is 0.311 e. The van der Waals surface area contributed by atoms with E-state index in [2.05, 4.69) is 267 Å². The normalized spacial score (nSPS) is 11.9. The van der Waals surface area contributed by atoms with Gasteiger partial charge in [0, 0.05) is 34.1 Å². The summed E-state index contributed by atoms with van der Waals surface area (Å²) in [5, 5.41) is 0. The molecule has 0 aromatic heterocycles. The molecule has 0 spiro atoms. The Morgan fingerprint density at radius 1 is 0.333 bits per heavy atom. The van der Waals surface area contributed by atoms with E-state index in [-0.39, 0.29) is 0 Å². The van der Waals surface area contributed by atoms with Crippen molar-refractivity contribution in [1.82, 2.24) is 0 Å². The topological polar surface area (TPSA) is 6.48 Å². The summed E-state index contributed by atoms with van der Waals surface area (Å²) in [6.45, 7) is 10.1. The third-order valence-corrected chi connectivity index (χ3v) is 11.3. The van der Waals surface area contributed by atoms with Gasteiger partial charge in [0.1, 0.15) is 0 Å². The van der Waals surface area contributed by atoms with Crippen LogP contribution in [0.5, 0.6) is 0 Å². The van der Waals surface area contributed by atoms with Crippen LogP contribution in [-0.2, 0) is 0 Å². The van der Waals surface area contributed by atoms with Crippen molar-refractivity contribution in [2.45, 2.75) is 20.8 Å². The van der Waals surface area contributed by atoms with Gasteiger partial charge in [-0.1, -0.05) is 183 Å². The highest BCUT2D eigenvalue weighted by Gasteiger charge is 2.16. The standard InChI is InChI=1S/C61H52N2/c1-5-15-46(8-4)50-22-34-56(35-23-50)62(57-36-24-51(25-37-57)47(16-6-2)17-7-3)60-42-30-54(31-43-60)55-32-44-61(45-33-55)63(58-38-26-52(27-39-58)48-18-11-9-12-19-48)59-40-28-53(29-41-59)49-20-13-10-14-21-49/h5-45H,2H2,1,3-4H3/b15-5-,17-7-,46-8+,47-16+. The van der Waals surface area contributed by atoms with Crippen LogP contribution in [-0.4, -0.2) is 0 Å². The fraction of sp³-hybridized carbons (Fsp3) is 0.0492. The zero-order chi connectivity index (χ0) is 43.4. The van der Waals surface area contributed by atoms with E-state index >= 15 is 0 Å². The van der Waals surface area contributed by atoms with Crippen LogP contribution in [0.25, 0.3) is 44.5 Å². The van der Waals surface area contributed by atoms with E-state index in [1.165, 1.54) is 33.4 Å². The van der Waals surface area contributed by atoms with Gasteiger partial charge in [-0.3, -0.25) is 0 Å². The number of allylic oxidation sites excluding steroid dienone is 9. The number of benzene rings is 8. The van der Waals surface area contributed by atoms with Crippen molar-refractivity contribution in [2.24, 2.45) is 0 Å².